The lowest BCUT2D eigenvalue weighted by Gasteiger charge is -2.17. The van der Waals surface area contributed by atoms with Crippen LogP contribution in [0.1, 0.15) is 18.9 Å². The summed E-state index contributed by atoms with van der Waals surface area (Å²) < 4.78 is 6.85. The Kier molecular flexibility index (Phi) is 4.54. The Balaban J connectivity index is 1.49. The number of amides is 1. The smallest absolute Gasteiger partial charge is 0.408 e. The van der Waals surface area contributed by atoms with Gasteiger partial charge in [0.05, 0.1) is 11.9 Å². The van der Waals surface area contributed by atoms with Gasteiger partial charge in [-0.1, -0.05) is 37.3 Å². The summed E-state index contributed by atoms with van der Waals surface area (Å²) in [6, 6.07) is 15.1. The third-order valence-electron chi connectivity index (χ3n) is 4.86. The maximum Gasteiger partial charge on any atom is 0.420 e. The highest BCUT2D eigenvalue weighted by molar-refractivity contribution is 5.88. The summed E-state index contributed by atoms with van der Waals surface area (Å²) in [5.74, 6) is -0.465. The van der Waals surface area contributed by atoms with Gasteiger partial charge in [-0.2, -0.15) is 0 Å². The molecule has 6 heteroatoms. The van der Waals surface area contributed by atoms with Crippen molar-refractivity contribution in [3.05, 3.63) is 70.8 Å². The molecule has 2 aromatic carbocycles. The Morgan fingerprint density at radius 2 is 1.96 bits per heavy atom. The van der Waals surface area contributed by atoms with Crippen LogP contribution in [0.15, 0.2) is 63.9 Å². The molecule has 1 atom stereocenters. The van der Waals surface area contributed by atoms with Gasteiger partial charge < -0.3 is 14.7 Å². The zero-order valence-corrected chi connectivity index (χ0v) is 15.1. The standard InChI is InChI=1S/C21H21N3O3/c1-2-15(13-24-18-9-5-6-10-19(18)27-21(24)26)23-20(25)11-14-12-22-17-8-4-3-7-16(14)17/h3-10,12,15,22H,2,11,13H2,1H3,(H,23,25)/t15-/m1/s1. The van der Waals surface area contributed by atoms with Gasteiger partial charge in [-0.25, -0.2) is 4.79 Å². The fourth-order valence-corrected chi connectivity index (χ4v) is 3.41. The number of fused-ring (bicyclic) bond motifs is 2. The van der Waals surface area contributed by atoms with E-state index in [-0.39, 0.29) is 11.9 Å². The van der Waals surface area contributed by atoms with E-state index in [4.69, 9.17) is 4.42 Å². The van der Waals surface area contributed by atoms with Crippen LogP contribution >= 0.6 is 0 Å². The van der Waals surface area contributed by atoms with Crippen LogP contribution in [0.4, 0.5) is 0 Å². The topological polar surface area (TPSA) is 80.0 Å². The molecule has 0 spiro atoms. The van der Waals surface area contributed by atoms with Crippen molar-refractivity contribution < 1.29 is 9.21 Å². The molecule has 0 aliphatic rings. The van der Waals surface area contributed by atoms with Crippen molar-refractivity contribution in [3.8, 4) is 0 Å². The Morgan fingerprint density at radius 3 is 2.81 bits per heavy atom. The number of rotatable bonds is 6. The molecule has 0 aliphatic heterocycles. The molecule has 0 fully saturated rings. The van der Waals surface area contributed by atoms with Gasteiger partial charge in [0.1, 0.15) is 0 Å². The van der Waals surface area contributed by atoms with Crippen molar-refractivity contribution in [3.63, 3.8) is 0 Å². The first-order chi connectivity index (χ1) is 13.2. The molecule has 4 rings (SSSR count). The molecule has 138 valence electrons. The van der Waals surface area contributed by atoms with Gasteiger partial charge in [-0.05, 0) is 30.2 Å². The molecular weight excluding hydrogens is 342 g/mol. The van der Waals surface area contributed by atoms with Crippen LogP contribution in [0.3, 0.4) is 0 Å². The van der Waals surface area contributed by atoms with Crippen LogP contribution < -0.4 is 11.1 Å². The lowest BCUT2D eigenvalue weighted by atomic mass is 10.1. The van der Waals surface area contributed by atoms with Gasteiger partial charge in [0.15, 0.2) is 5.58 Å². The Hall–Kier alpha value is -3.28. The minimum Gasteiger partial charge on any atom is -0.408 e. The van der Waals surface area contributed by atoms with E-state index < -0.39 is 5.76 Å². The van der Waals surface area contributed by atoms with Gasteiger partial charge in [-0.3, -0.25) is 9.36 Å². The third-order valence-corrected chi connectivity index (χ3v) is 4.86. The average molecular weight is 363 g/mol. The second-order valence-corrected chi connectivity index (χ2v) is 6.66. The summed E-state index contributed by atoms with van der Waals surface area (Å²) in [5, 5.41) is 4.10. The van der Waals surface area contributed by atoms with Gasteiger partial charge in [-0.15, -0.1) is 0 Å². The van der Waals surface area contributed by atoms with Crippen molar-refractivity contribution in [2.24, 2.45) is 0 Å². The van der Waals surface area contributed by atoms with Crippen LogP contribution in [0.25, 0.3) is 22.0 Å². The number of hydrogen-bond acceptors (Lipinski definition) is 3. The Morgan fingerprint density at radius 1 is 1.19 bits per heavy atom. The van der Waals surface area contributed by atoms with E-state index in [9.17, 15) is 9.59 Å². The lowest BCUT2D eigenvalue weighted by Crippen LogP contribution is -2.39. The fraction of sp³-hybridized carbons (Fsp3) is 0.238. The van der Waals surface area contributed by atoms with Crippen molar-refractivity contribution in [2.45, 2.75) is 32.4 Å². The zero-order valence-electron chi connectivity index (χ0n) is 15.1. The largest absolute Gasteiger partial charge is 0.420 e. The van der Waals surface area contributed by atoms with E-state index in [0.29, 0.717) is 25.0 Å². The SMILES string of the molecule is CC[C@H](Cn1c(=O)oc2ccccc21)NC(=O)Cc1c[nH]c2ccccc12. The van der Waals surface area contributed by atoms with Crippen LogP contribution in [0, 0.1) is 0 Å². The number of para-hydroxylation sites is 3. The lowest BCUT2D eigenvalue weighted by molar-refractivity contribution is -0.121. The third kappa shape index (κ3) is 3.38. The van der Waals surface area contributed by atoms with Crippen LogP contribution in [0.5, 0.6) is 0 Å². The molecule has 0 unspecified atom stereocenters. The predicted molar refractivity (Wildman–Crippen MR) is 105 cm³/mol. The van der Waals surface area contributed by atoms with Gasteiger partial charge in [0.25, 0.3) is 0 Å². The molecule has 0 aliphatic carbocycles. The van der Waals surface area contributed by atoms with Crippen molar-refractivity contribution >= 4 is 27.9 Å². The predicted octanol–water partition coefficient (Wildman–Crippen LogP) is 3.21. The second-order valence-electron chi connectivity index (χ2n) is 6.66. The molecule has 0 saturated heterocycles. The molecule has 1 amide bonds. The zero-order chi connectivity index (χ0) is 18.8. The first-order valence-electron chi connectivity index (χ1n) is 9.08. The number of benzene rings is 2. The van der Waals surface area contributed by atoms with Gasteiger partial charge in [0, 0.05) is 29.7 Å². The molecule has 27 heavy (non-hydrogen) atoms. The maximum atomic E-state index is 12.6. The molecule has 0 radical (unpaired) electrons. The molecule has 4 aromatic rings. The molecule has 2 N–H and O–H groups in total. The quantitative estimate of drug-likeness (QED) is 0.552. The monoisotopic (exact) mass is 363 g/mol. The summed E-state index contributed by atoms with van der Waals surface area (Å²) in [6.07, 6.45) is 2.88. The Labute approximate surface area is 155 Å². The number of aromatic nitrogens is 2. The van der Waals surface area contributed by atoms with Crippen molar-refractivity contribution in [1.29, 1.82) is 0 Å². The molecule has 0 saturated carbocycles. The van der Waals surface area contributed by atoms with E-state index in [0.717, 1.165) is 22.0 Å². The highest BCUT2D eigenvalue weighted by Crippen LogP contribution is 2.18. The molecule has 0 bridgehead atoms. The summed E-state index contributed by atoms with van der Waals surface area (Å²) >= 11 is 0. The highest BCUT2D eigenvalue weighted by atomic mass is 16.4. The number of aromatic amines is 1. The first kappa shape index (κ1) is 17.1. The first-order valence-corrected chi connectivity index (χ1v) is 9.08. The molecule has 6 nitrogen and oxygen atoms in total. The van der Waals surface area contributed by atoms with Crippen LogP contribution in [-0.4, -0.2) is 21.5 Å². The number of nitrogens with zero attached hydrogens (tertiary/aromatic N) is 1. The van der Waals surface area contributed by atoms with E-state index in [1.54, 1.807) is 10.6 Å². The maximum absolute atomic E-state index is 12.6. The summed E-state index contributed by atoms with van der Waals surface area (Å²) in [4.78, 5) is 27.9. The fourth-order valence-electron chi connectivity index (χ4n) is 3.41. The number of oxazole rings is 1. The minimum absolute atomic E-state index is 0.0625. The highest BCUT2D eigenvalue weighted by Gasteiger charge is 2.17. The number of H-pyrrole nitrogens is 1. The van der Waals surface area contributed by atoms with Gasteiger partial charge in [0.2, 0.25) is 5.91 Å². The number of nitrogens with one attached hydrogen (secondary N) is 2. The number of carbonyl (C=O) groups excluding carboxylic acids is 1. The Bertz CT molecular complexity index is 1150. The molecular formula is C21H21N3O3. The average Bonchev–Trinajstić information content (AvgIpc) is 3.22. The van der Waals surface area contributed by atoms with Gasteiger partial charge >= 0.3 is 5.76 Å². The van der Waals surface area contributed by atoms with Crippen LogP contribution in [0.2, 0.25) is 0 Å². The van der Waals surface area contributed by atoms with Crippen molar-refractivity contribution in [1.82, 2.24) is 14.9 Å². The van der Waals surface area contributed by atoms with Crippen LogP contribution in [-0.2, 0) is 17.8 Å². The van der Waals surface area contributed by atoms with E-state index in [1.165, 1.54) is 0 Å². The normalized spacial score (nSPS) is 12.5. The summed E-state index contributed by atoms with van der Waals surface area (Å²) in [5.41, 5.74) is 3.28. The summed E-state index contributed by atoms with van der Waals surface area (Å²) in [6.45, 7) is 2.37. The second kappa shape index (κ2) is 7.15. The molecule has 2 heterocycles. The van der Waals surface area contributed by atoms with E-state index in [2.05, 4.69) is 10.3 Å². The number of hydrogen-bond donors (Lipinski definition) is 2. The van der Waals surface area contributed by atoms with Crippen molar-refractivity contribution in [2.75, 3.05) is 0 Å². The molecule has 2 aromatic heterocycles. The van der Waals surface area contributed by atoms with E-state index in [1.807, 2.05) is 55.6 Å². The van der Waals surface area contributed by atoms with E-state index >= 15 is 0 Å². The summed E-state index contributed by atoms with van der Waals surface area (Å²) in [7, 11) is 0. The number of carbonyl (C=O) groups is 1. The minimum atomic E-state index is -0.402.